The fourth-order valence-electron chi connectivity index (χ4n) is 2.82. The van der Waals surface area contributed by atoms with E-state index in [1.54, 1.807) is 36.3 Å². The van der Waals surface area contributed by atoms with Crippen molar-refractivity contribution in [3.8, 4) is 11.8 Å². The molecule has 0 bridgehead atoms. The molecule has 1 amide bonds. The van der Waals surface area contributed by atoms with E-state index in [0.29, 0.717) is 25.3 Å². The minimum absolute atomic E-state index is 0.0262. The van der Waals surface area contributed by atoms with Crippen LogP contribution in [0.3, 0.4) is 0 Å². The van der Waals surface area contributed by atoms with Gasteiger partial charge in [0.2, 0.25) is 5.91 Å². The molecule has 1 atom stereocenters. The molecule has 122 valence electrons. The number of rotatable bonds is 5. The van der Waals surface area contributed by atoms with E-state index in [2.05, 4.69) is 6.07 Å². The van der Waals surface area contributed by atoms with Gasteiger partial charge < -0.3 is 14.4 Å². The van der Waals surface area contributed by atoms with Crippen LogP contribution in [-0.4, -0.2) is 32.8 Å². The first-order chi connectivity index (χ1) is 11.7. The van der Waals surface area contributed by atoms with Crippen LogP contribution in [0.4, 0.5) is 5.69 Å². The number of fused-ring (bicyclic) bond motifs is 1. The standard InChI is InChI=1S/C19H18N2O3/c1-23-11-10-21(15-8-6-14(12-20)7-9-15)19(22)17-13-24-18-5-3-2-4-16(17)18/h2-9,17H,10-11,13H2,1H3/t17-/m0/s1. The Balaban J connectivity index is 1.88. The Morgan fingerprint density at radius 2 is 2.04 bits per heavy atom. The summed E-state index contributed by atoms with van der Waals surface area (Å²) in [6.07, 6.45) is 0. The Hall–Kier alpha value is -2.84. The molecule has 0 radical (unpaired) electrons. The molecule has 0 aromatic heterocycles. The minimum atomic E-state index is -0.325. The number of nitriles is 1. The van der Waals surface area contributed by atoms with Crippen molar-refractivity contribution in [3.05, 3.63) is 59.7 Å². The molecule has 1 aliphatic heterocycles. The second-order valence-electron chi connectivity index (χ2n) is 5.54. The molecule has 24 heavy (non-hydrogen) atoms. The molecule has 5 heteroatoms. The van der Waals surface area contributed by atoms with Gasteiger partial charge in [-0.15, -0.1) is 0 Å². The van der Waals surface area contributed by atoms with Gasteiger partial charge in [0.05, 0.1) is 18.2 Å². The highest BCUT2D eigenvalue weighted by Gasteiger charge is 2.33. The van der Waals surface area contributed by atoms with E-state index >= 15 is 0 Å². The molecular formula is C19H18N2O3. The van der Waals surface area contributed by atoms with Crippen molar-refractivity contribution in [2.45, 2.75) is 5.92 Å². The van der Waals surface area contributed by atoms with Crippen molar-refractivity contribution in [1.82, 2.24) is 0 Å². The number of carbonyl (C=O) groups excluding carboxylic acids is 1. The van der Waals surface area contributed by atoms with E-state index in [1.165, 1.54) is 0 Å². The van der Waals surface area contributed by atoms with Gasteiger partial charge in [0.15, 0.2) is 0 Å². The lowest BCUT2D eigenvalue weighted by Gasteiger charge is -2.25. The van der Waals surface area contributed by atoms with Gasteiger partial charge in [-0.2, -0.15) is 5.26 Å². The largest absolute Gasteiger partial charge is 0.492 e. The van der Waals surface area contributed by atoms with E-state index in [-0.39, 0.29) is 11.8 Å². The number of para-hydroxylation sites is 1. The average molecular weight is 322 g/mol. The third-order valence-corrected chi connectivity index (χ3v) is 4.09. The predicted octanol–water partition coefficient (Wildman–Crippen LogP) is 2.71. The van der Waals surface area contributed by atoms with E-state index in [1.807, 2.05) is 24.3 Å². The van der Waals surface area contributed by atoms with Crippen molar-refractivity contribution >= 4 is 11.6 Å². The van der Waals surface area contributed by atoms with Gasteiger partial charge >= 0.3 is 0 Å². The molecule has 0 saturated heterocycles. The van der Waals surface area contributed by atoms with Crippen LogP contribution >= 0.6 is 0 Å². The normalized spacial score (nSPS) is 15.2. The summed E-state index contributed by atoms with van der Waals surface area (Å²) in [5.74, 6) is 0.415. The topological polar surface area (TPSA) is 62.6 Å². The fourth-order valence-corrected chi connectivity index (χ4v) is 2.82. The van der Waals surface area contributed by atoms with Crippen molar-refractivity contribution in [2.24, 2.45) is 0 Å². The second-order valence-corrected chi connectivity index (χ2v) is 5.54. The van der Waals surface area contributed by atoms with Crippen LogP contribution in [-0.2, 0) is 9.53 Å². The Labute approximate surface area is 141 Å². The van der Waals surface area contributed by atoms with Crippen molar-refractivity contribution in [1.29, 1.82) is 5.26 Å². The summed E-state index contributed by atoms with van der Waals surface area (Å²) in [7, 11) is 1.61. The molecule has 2 aromatic carbocycles. The highest BCUT2D eigenvalue weighted by Crippen LogP contribution is 2.35. The maximum atomic E-state index is 13.1. The number of benzene rings is 2. The number of anilines is 1. The first-order valence-electron chi connectivity index (χ1n) is 7.77. The van der Waals surface area contributed by atoms with Gasteiger partial charge in [0.1, 0.15) is 18.3 Å². The Morgan fingerprint density at radius 1 is 1.29 bits per heavy atom. The van der Waals surface area contributed by atoms with Crippen LogP contribution < -0.4 is 9.64 Å². The number of hydrogen-bond donors (Lipinski definition) is 0. The monoisotopic (exact) mass is 322 g/mol. The SMILES string of the molecule is COCCN(C(=O)[C@H]1COc2ccccc21)c1ccc(C#N)cc1. The molecule has 5 nitrogen and oxygen atoms in total. The Bertz CT molecular complexity index is 765. The van der Waals surface area contributed by atoms with E-state index in [4.69, 9.17) is 14.7 Å². The van der Waals surface area contributed by atoms with Crippen molar-refractivity contribution < 1.29 is 14.3 Å². The highest BCUT2D eigenvalue weighted by molar-refractivity contribution is 5.99. The van der Waals surface area contributed by atoms with Crippen LogP contribution in [0.5, 0.6) is 5.75 Å². The molecule has 3 rings (SSSR count). The zero-order chi connectivity index (χ0) is 16.9. The summed E-state index contributed by atoms with van der Waals surface area (Å²) in [6, 6.07) is 16.7. The number of hydrogen-bond acceptors (Lipinski definition) is 4. The predicted molar refractivity (Wildman–Crippen MR) is 90.1 cm³/mol. The molecule has 1 heterocycles. The third-order valence-electron chi connectivity index (χ3n) is 4.09. The molecule has 0 spiro atoms. The number of amides is 1. The summed E-state index contributed by atoms with van der Waals surface area (Å²) in [5.41, 5.74) is 2.23. The molecule has 0 N–H and O–H groups in total. The summed E-state index contributed by atoms with van der Waals surface area (Å²) in [5, 5.41) is 8.93. The first kappa shape index (κ1) is 16.0. The van der Waals surface area contributed by atoms with Gasteiger partial charge in [0.25, 0.3) is 0 Å². The first-order valence-corrected chi connectivity index (χ1v) is 7.77. The zero-order valence-corrected chi connectivity index (χ0v) is 13.4. The summed E-state index contributed by atoms with van der Waals surface area (Å²) in [4.78, 5) is 14.8. The van der Waals surface area contributed by atoms with Crippen molar-refractivity contribution in [2.75, 3.05) is 31.8 Å². The number of carbonyl (C=O) groups is 1. The quantitative estimate of drug-likeness (QED) is 0.849. The lowest BCUT2D eigenvalue weighted by atomic mass is 9.99. The second kappa shape index (κ2) is 7.16. The van der Waals surface area contributed by atoms with Crippen LogP contribution in [0.15, 0.2) is 48.5 Å². The lowest BCUT2D eigenvalue weighted by Crippen LogP contribution is -2.38. The summed E-state index contributed by atoms with van der Waals surface area (Å²) >= 11 is 0. The molecule has 1 aliphatic rings. The van der Waals surface area contributed by atoms with Crippen LogP contribution in [0.2, 0.25) is 0 Å². The maximum absolute atomic E-state index is 13.1. The zero-order valence-electron chi connectivity index (χ0n) is 13.4. The fraction of sp³-hybridized carbons (Fsp3) is 0.263. The number of methoxy groups -OCH3 is 1. The summed E-state index contributed by atoms with van der Waals surface area (Å²) < 4.78 is 10.8. The maximum Gasteiger partial charge on any atom is 0.238 e. The van der Waals surface area contributed by atoms with E-state index in [0.717, 1.165) is 17.0 Å². The van der Waals surface area contributed by atoms with Crippen LogP contribution in [0, 0.1) is 11.3 Å². The van der Waals surface area contributed by atoms with Gasteiger partial charge in [-0.3, -0.25) is 4.79 Å². The Kier molecular flexibility index (Phi) is 4.78. The molecule has 0 aliphatic carbocycles. The van der Waals surface area contributed by atoms with Crippen LogP contribution in [0.25, 0.3) is 0 Å². The summed E-state index contributed by atoms with van der Waals surface area (Å²) in [6.45, 7) is 1.22. The van der Waals surface area contributed by atoms with Gasteiger partial charge in [-0.25, -0.2) is 0 Å². The molecule has 0 saturated carbocycles. The smallest absolute Gasteiger partial charge is 0.238 e. The Morgan fingerprint density at radius 3 is 2.75 bits per heavy atom. The van der Waals surface area contributed by atoms with Crippen molar-refractivity contribution in [3.63, 3.8) is 0 Å². The van der Waals surface area contributed by atoms with Gasteiger partial charge in [-0.05, 0) is 30.3 Å². The average Bonchev–Trinajstić information content (AvgIpc) is 3.06. The number of ether oxygens (including phenoxy) is 2. The third kappa shape index (κ3) is 3.10. The molecule has 0 fully saturated rings. The molecular weight excluding hydrogens is 304 g/mol. The van der Waals surface area contributed by atoms with Gasteiger partial charge in [0, 0.05) is 24.9 Å². The van der Waals surface area contributed by atoms with Gasteiger partial charge in [-0.1, -0.05) is 18.2 Å². The highest BCUT2D eigenvalue weighted by atomic mass is 16.5. The van der Waals surface area contributed by atoms with E-state index < -0.39 is 0 Å². The molecule has 2 aromatic rings. The van der Waals surface area contributed by atoms with Crippen LogP contribution in [0.1, 0.15) is 17.0 Å². The minimum Gasteiger partial charge on any atom is -0.492 e. The lowest BCUT2D eigenvalue weighted by molar-refractivity contribution is -0.120. The number of nitrogens with zero attached hydrogens (tertiary/aromatic N) is 2. The molecule has 0 unspecified atom stereocenters. The van der Waals surface area contributed by atoms with E-state index in [9.17, 15) is 4.79 Å².